The largest absolute Gasteiger partial charge is 0.481 e. The molecular formula is C50H68F2N8O7. The van der Waals surface area contributed by atoms with Crippen LogP contribution >= 0.6 is 0 Å². The zero-order chi connectivity index (χ0) is 47.7. The zero-order valence-electron chi connectivity index (χ0n) is 39.1. The Kier molecular flexibility index (Phi) is 18.9. The van der Waals surface area contributed by atoms with Crippen LogP contribution in [0.1, 0.15) is 101 Å². The molecular weight excluding hydrogens is 863 g/mol. The minimum atomic E-state index is -1.25. The second-order valence-electron chi connectivity index (χ2n) is 18.8. The Morgan fingerprint density at radius 3 is 1.48 bits per heavy atom. The van der Waals surface area contributed by atoms with E-state index < -0.39 is 35.6 Å². The van der Waals surface area contributed by atoms with Gasteiger partial charge in [-0.05, 0) is 135 Å². The van der Waals surface area contributed by atoms with Crippen molar-refractivity contribution in [2.45, 2.75) is 116 Å². The van der Waals surface area contributed by atoms with Crippen molar-refractivity contribution in [3.05, 3.63) is 96.6 Å². The third-order valence-corrected chi connectivity index (χ3v) is 14.8. The summed E-state index contributed by atoms with van der Waals surface area (Å²) in [5.74, 6) is -4.22. The Balaban J connectivity index is 0.000000183. The van der Waals surface area contributed by atoms with Crippen LogP contribution < -0.4 is 5.32 Å². The van der Waals surface area contributed by atoms with Gasteiger partial charge in [0.25, 0.3) is 0 Å². The zero-order valence-corrected chi connectivity index (χ0v) is 39.1. The van der Waals surface area contributed by atoms with Crippen molar-refractivity contribution in [1.29, 1.82) is 0 Å². The number of carbonyl (C=O) groups is 4. The molecule has 2 atom stereocenters. The quantitative estimate of drug-likeness (QED) is 0.0967. The van der Waals surface area contributed by atoms with Crippen LogP contribution in [-0.2, 0) is 54.6 Å². The summed E-state index contributed by atoms with van der Waals surface area (Å²) in [5, 5.41) is 21.0. The fourth-order valence-electron chi connectivity index (χ4n) is 11.0. The van der Waals surface area contributed by atoms with Gasteiger partial charge >= 0.3 is 17.9 Å². The second-order valence-corrected chi connectivity index (χ2v) is 18.8. The summed E-state index contributed by atoms with van der Waals surface area (Å²) in [6.45, 7) is 5.45. The molecule has 364 valence electrons. The van der Waals surface area contributed by atoms with Gasteiger partial charge in [0.2, 0.25) is 5.91 Å². The molecule has 0 bridgehead atoms. The van der Waals surface area contributed by atoms with Crippen LogP contribution in [0.5, 0.6) is 0 Å². The van der Waals surface area contributed by atoms with Crippen molar-refractivity contribution in [2.24, 2.45) is 34.5 Å². The highest BCUT2D eigenvalue weighted by molar-refractivity contribution is 5.98. The summed E-state index contributed by atoms with van der Waals surface area (Å²) in [7, 11) is 2.43. The molecule has 17 heteroatoms. The Labute approximate surface area is 392 Å². The van der Waals surface area contributed by atoms with Gasteiger partial charge in [0, 0.05) is 26.2 Å². The number of halogens is 2. The first kappa shape index (κ1) is 50.8. The summed E-state index contributed by atoms with van der Waals surface area (Å²) in [4.78, 5) is 57.9. The van der Waals surface area contributed by atoms with Crippen molar-refractivity contribution < 1.29 is 42.5 Å². The summed E-state index contributed by atoms with van der Waals surface area (Å²) in [6.07, 6.45) is 24.9. The molecule has 1 amide bonds. The molecule has 67 heavy (non-hydrogen) atoms. The molecule has 4 aromatic rings. The van der Waals surface area contributed by atoms with Gasteiger partial charge in [-0.15, -0.1) is 0 Å². The number of aromatic nitrogens is 6. The number of piperidine rings is 2. The van der Waals surface area contributed by atoms with E-state index in [0.29, 0.717) is 30.0 Å². The fraction of sp³-hybridized carbons (Fsp3) is 0.600. The average Bonchev–Trinajstić information content (AvgIpc) is 4.09. The maximum Gasteiger partial charge on any atom is 0.320 e. The molecule has 4 aliphatic rings. The molecule has 4 heterocycles. The SMILES string of the molecule is COC(=O)C(Cc1ccc(F)cc1)C(=O)N1CCC(Cn2cncn2)(C2CCCCC2)CC1.COC(=O)C(Cc1ccc(F)cc1)C(=O)O.c1ncn(CC2(C3CCCCC3)CCNCC2)n1. The van der Waals surface area contributed by atoms with Crippen LogP contribution in [0.4, 0.5) is 8.78 Å². The number of likely N-dealkylation sites (tertiary alicyclic amines) is 1. The molecule has 4 fully saturated rings. The van der Waals surface area contributed by atoms with E-state index in [2.05, 4.69) is 34.9 Å². The minimum absolute atomic E-state index is 0.0116. The third-order valence-electron chi connectivity index (χ3n) is 14.8. The number of hydrogen-bond acceptors (Lipinski definition) is 11. The number of benzene rings is 2. The number of rotatable bonds is 14. The molecule has 15 nitrogen and oxygen atoms in total. The highest BCUT2D eigenvalue weighted by Crippen LogP contribution is 2.48. The lowest BCUT2D eigenvalue weighted by atomic mass is 9.63. The molecule has 2 aromatic carbocycles. The van der Waals surface area contributed by atoms with E-state index in [9.17, 15) is 28.0 Å². The summed E-state index contributed by atoms with van der Waals surface area (Å²) < 4.78 is 39.2. The Morgan fingerprint density at radius 1 is 0.657 bits per heavy atom. The van der Waals surface area contributed by atoms with E-state index in [1.807, 2.05) is 15.9 Å². The van der Waals surface area contributed by atoms with Gasteiger partial charge in [0.05, 0.1) is 14.2 Å². The average molecular weight is 931 g/mol. The molecule has 2 aliphatic carbocycles. The van der Waals surface area contributed by atoms with Gasteiger partial charge in [-0.1, -0.05) is 62.8 Å². The van der Waals surface area contributed by atoms with Gasteiger partial charge in [-0.3, -0.25) is 28.5 Å². The Bertz CT molecular complexity index is 2110. The predicted molar refractivity (Wildman–Crippen MR) is 245 cm³/mol. The minimum Gasteiger partial charge on any atom is -0.481 e. The Hall–Kier alpha value is -5.58. The standard InChI is InChI=1S/C25H33FN4O3.C14H24N4.C11H11FO4/c1-33-24(32)22(15-19-7-9-21(26)10-8-19)23(31)29-13-11-25(12-14-29,16-30-18-27-17-28-30)20-5-3-2-4-6-20;1-2-4-13(5-3-1)14(6-8-15-9-7-14)10-18-12-16-11-17-18;1-16-11(15)9(10(13)14)6-7-2-4-8(12)5-3-7/h7-10,17-18,20,22H,2-6,11-16H2,1H3;11-13,15H,1-10H2;2-5,9H,6H2,1H3,(H,13,14). The lowest BCUT2D eigenvalue weighted by molar-refractivity contribution is -0.157. The van der Waals surface area contributed by atoms with Crippen LogP contribution in [0.25, 0.3) is 0 Å². The maximum atomic E-state index is 13.4. The van der Waals surface area contributed by atoms with Crippen LogP contribution in [0.2, 0.25) is 0 Å². The fourth-order valence-corrected chi connectivity index (χ4v) is 11.0. The van der Waals surface area contributed by atoms with E-state index in [0.717, 1.165) is 44.5 Å². The molecule has 2 N–H and O–H groups in total. The number of amides is 1. The molecule has 0 radical (unpaired) electrons. The van der Waals surface area contributed by atoms with E-state index in [1.54, 1.807) is 31.1 Å². The molecule has 0 spiro atoms. The van der Waals surface area contributed by atoms with Gasteiger partial charge in [0.15, 0.2) is 5.92 Å². The number of methoxy groups -OCH3 is 2. The van der Waals surface area contributed by atoms with Crippen molar-refractivity contribution in [1.82, 2.24) is 39.7 Å². The maximum absolute atomic E-state index is 13.4. The number of carboxylic acid groups (broad SMARTS) is 1. The molecule has 2 unspecified atom stereocenters. The van der Waals surface area contributed by atoms with Crippen LogP contribution in [-0.4, -0.2) is 104 Å². The van der Waals surface area contributed by atoms with Crippen molar-refractivity contribution in [2.75, 3.05) is 40.4 Å². The van der Waals surface area contributed by atoms with Crippen LogP contribution in [0.15, 0.2) is 73.8 Å². The third kappa shape index (κ3) is 14.2. The first-order valence-electron chi connectivity index (χ1n) is 24.0. The number of nitrogens with one attached hydrogen (secondary N) is 1. The number of hydrogen-bond donors (Lipinski definition) is 2. The molecule has 8 rings (SSSR count). The Morgan fingerprint density at radius 2 is 1.07 bits per heavy atom. The van der Waals surface area contributed by atoms with Crippen molar-refractivity contribution in [3.8, 4) is 0 Å². The van der Waals surface area contributed by atoms with Gasteiger partial charge in [0.1, 0.15) is 42.9 Å². The van der Waals surface area contributed by atoms with E-state index >= 15 is 0 Å². The number of carbonyl (C=O) groups excluding carboxylic acids is 3. The topological polar surface area (TPSA) is 184 Å². The number of carboxylic acids is 1. The lowest BCUT2D eigenvalue weighted by Gasteiger charge is -2.48. The van der Waals surface area contributed by atoms with Crippen molar-refractivity contribution in [3.63, 3.8) is 0 Å². The molecule has 2 saturated carbocycles. The summed E-state index contributed by atoms with van der Waals surface area (Å²) in [5.41, 5.74) is 1.86. The number of aliphatic carboxylic acids is 1. The summed E-state index contributed by atoms with van der Waals surface area (Å²) in [6, 6.07) is 11.2. The lowest BCUT2D eigenvalue weighted by Crippen LogP contribution is -2.51. The van der Waals surface area contributed by atoms with E-state index in [4.69, 9.17) is 9.84 Å². The normalized spacial score (nSPS) is 19.3. The molecule has 2 aromatic heterocycles. The van der Waals surface area contributed by atoms with Gasteiger partial charge < -0.3 is 24.8 Å². The van der Waals surface area contributed by atoms with Gasteiger partial charge in [-0.25, -0.2) is 18.7 Å². The monoisotopic (exact) mass is 931 g/mol. The number of esters is 2. The molecule has 2 saturated heterocycles. The molecule has 2 aliphatic heterocycles. The van der Waals surface area contributed by atoms with E-state index in [-0.39, 0.29) is 30.0 Å². The van der Waals surface area contributed by atoms with Crippen LogP contribution in [0, 0.1) is 46.1 Å². The number of ether oxygens (including phenoxy) is 2. The first-order chi connectivity index (χ1) is 32.4. The number of nitrogens with zero attached hydrogens (tertiary/aromatic N) is 7. The van der Waals surface area contributed by atoms with E-state index in [1.165, 1.54) is 134 Å². The van der Waals surface area contributed by atoms with Crippen molar-refractivity contribution >= 4 is 23.8 Å². The first-order valence-corrected chi connectivity index (χ1v) is 24.0. The smallest absolute Gasteiger partial charge is 0.320 e. The van der Waals surface area contributed by atoms with Gasteiger partial charge in [-0.2, -0.15) is 10.2 Å². The predicted octanol–water partition coefficient (Wildman–Crippen LogP) is 7.11. The highest BCUT2D eigenvalue weighted by atomic mass is 19.1. The highest BCUT2D eigenvalue weighted by Gasteiger charge is 2.45. The second kappa shape index (κ2) is 25.0. The van der Waals surface area contributed by atoms with Crippen LogP contribution in [0.3, 0.4) is 0 Å². The summed E-state index contributed by atoms with van der Waals surface area (Å²) >= 11 is 0.